The average molecular weight is 526 g/mol. The molecule has 7 heteroatoms. The van der Waals surface area contributed by atoms with Gasteiger partial charge in [-0.2, -0.15) is 0 Å². The number of carbonyl (C=O) groups is 3. The Hall–Kier alpha value is -4.39. The minimum atomic E-state index is -0.968. The quantitative estimate of drug-likeness (QED) is 0.248. The summed E-state index contributed by atoms with van der Waals surface area (Å²) in [6.07, 6.45) is 7.67. The third-order valence-corrected chi connectivity index (χ3v) is 6.90. The Labute approximate surface area is 229 Å². The molecule has 0 fully saturated rings. The Balaban J connectivity index is 1.55. The number of rotatable bonds is 10. The lowest BCUT2D eigenvalue weighted by atomic mass is 9.91. The van der Waals surface area contributed by atoms with Gasteiger partial charge >= 0.3 is 12.0 Å². The number of carboxylic acid groups (broad SMARTS) is 1. The molecule has 0 aliphatic heterocycles. The number of urea groups is 1. The number of nitrogens with one attached hydrogen (secondary N) is 3. The second-order valence-electron chi connectivity index (χ2n) is 9.70. The number of hydrogen-bond donors (Lipinski definition) is 4. The summed E-state index contributed by atoms with van der Waals surface area (Å²) in [5.74, 6) is -1.31. The van der Waals surface area contributed by atoms with Gasteiger partial charge in [-0.25, -0.2) is 4.79 Å². The van der Waals surface area contributed by atoms with Crippen molar-refractivity contribution in [1.29, 1.82) is 0 Å². The van der Waals surface area contributed by atoms with Crippen LogP contribution in [0, 0.1) is 0 Å². The summed E-state index contributed by atoms with van der Waals surface area (Å²) < 4.78 is 0. The molecule has 1 aliphatic rings. The van der Waals surface area contributed by atoms with Gasteiger partial charge in [-0.3, -0.25) is 9.59 Å². The van der Waals surface area contributed by atoms with Crippen LogP contribution in [0.25, 0.3) is 5.57 Å². The molecule has 4 rings (SSSR count). The first kappa shape index (κ1) is 27.6. The van der Waals surface area contributed by atoms with Crippen LogP contribution in [0.3, 0.4) is 0 Å². The van der Waals surface area contributed by atoms with Crippen LogP contribution in [0.2, 0.25) is 0 Å². The summed E-state index contributed by atoms with van der Waals surface area (Å²) in [5.41, 5.74) is 6.58. The van der Waals surface area contributed by atoms with Gasteiger partial charge in [0, 0.05) is 17.8 Å². The van der Waals surface area contributed by atoms with E-state index in [1.165, 1.54) is 24.0 Å². The Bertz CT molecular complexity index is 1330. The predicted octanol–water partition coefficient (Wildman–Crippen LogP) is 6.32. The van der Waals surface area contributed by atoms with Crippen molar-refractivity contribution < 1.29 is 19.5 Å². The lowest BCUT2D eigenvalue weighted by molar-refractivity contribution is -0.136. The highest BCUT2D eigenvalue weighted by molar-refractivity contribution is 5.94. The summed E-state index contributed by atoms with van der Waals surface area (Å²) in [6.45, 7) is 2.13. The van der Waals surface area contributed by atoms with E-state index >= 15 is 0 Å². The van der Waals surface area contributed by atoms with Gasteiger partial charge in [0.25, 0.3) is 5.91 Å². The summed E-state index contributed by atoms with van der Waals surface area (Å²) in [6, 6.07) is 22.3. The zero-order chi connectivity index (χ0) is 27.6. The largest absolute Gasteiger partial charge is 0.481 e. The zero-order valence-corrected chi connectivity index (χ0v) is 22.2. The smallest absolute Gasteiger partial charge is 0.319 e. The van der Waals surface area contributed by atoms with Gasteiger partial charge in [0.2, 0.25) is 0 Å². The van der Waals surface area contributed by atoms with Gasteiger partial charge < -0.3 is 21.1 Å². The lowest BCUT2D eigenvalue weighted by Gasteiger charge is -2.21. The van der Waals surface area contributed by atoms with Gasteiger partial charge in [0.15, 0.2) is 0 Å². The second kappa shape index (κ2) is 13.4. The first-order valence-electron chi connectivity index (χ1n) is 13.5. The van der Waals surface area contributed by atoms with Crippen LogP contribution >= 0.6 is 0 Å². The number of benzene rings is 3. The predicted molar refractivity (Wildman–Crippen MR) is 154 cm³/mol. The van der Waals surface area contributed by atoms with E-state index in [0.717, 1.165) is 41.6 Å². The van der Waals surface area contributed by atoms with Gasteiger partial charge in [-0.1, -0.05) is 61.5 Å². The van der Waals surface area contributed by atoms with E-state index in [1.54, 1.807) is 12.1 Å². The molecule has 7 nitrogen and oxygen atoms in total. The molecule has 3 aromatic carbocycles. The number of allylic oxidation sites excluding steroid dienone is 2. The molecule has 1 aliphatic carbocycles. The number of aliphatic carboxylic acids is 1. The highest BCUT2D eigenvalue weighted by atomic mass is 16.4. The number of hydrogen-bond acceptors (Lipinski definition) is 3. The number of carbonyl (C=O) groups excluding carboxylic acids is 2. The van der Waals surface area contributed by atoms with E-state index < -0.39 is 12.0 Å². The van der Waals surface area contributed by atoms with Crippen LogP contribution in [-0.2, 0) is 11.2 Å². The summed E-state index contributed by atoms with van der Waals surface area (Å²) in [5, 5.41) is 17.4. The monoisotopic (exact) mass is 525 g/mol. The van der Waals surface area contributed by atoms with Crippen molar-refractivity contribution in [3.05, 3.63) is 107 Å². The zero-order valence-electron chi connectivity index (χ0n) is 22.2. The molecule has 0 spiro atoms. The lowest BCUT2D eigenvalue weighted by Crippen LogP contribution is -2.33. The van der Waals surface area contributed by atoms with Crippen LogP contribution in [0.4, 0.5) is 10.5 Å². The Morgan fingerprint density at radius 3 is 2.28 bits per heavy atom. The van der Waals surface area contributed by atoms with E-state index in [4.69, 9.17) is 5.11 Å². The highest BCUT2D eigenvalue weighted by Crippen LogP contribution is 2.29. The van der Waals surface area contributed by atoms with Crippen LogP contribution in [0.5, 0.6) is 0 Å². The molecule has 3 aromatic rings. The minimum absolute atomic E-state index is 0.0578. The Morgan fingerprint density at radius 2 is 1.64 bits per heavy atom. The molecular formula is C32H35N3O4. The first-order valence-corrected chi connectivity index (χ1v) is 13.5. The van der Waals surface area contributed by atoms with E-state index in [-0.39, 0.29) is 24.9 Å². The Kier molecular flexibility index (Phi) is 9.51. The minimum Gasteiger partial charge on any atom is -0.481 e. The normalized spacial score (nSPS) is 13.6. The van der Waals surface area contributed by atoms with Crippen LogP contribution in [0.15, 0.2) is 78.9 Å². The molecule has 0 saturated carbocycles. The van der Waals surface area contributed by atoms with Crippen molar-refractivity contribution in [2.45, 2.75) is 51.5 Å². The average Bonchev–Trinajstić information content (AvgIpc) is 2.96. The summed E-state index contributed by atoms with van der Waals surface area (Å²) in [4.78, 5) is 36.2. The number of anilines is 1. The fraction of sp³-hybridized carbons (Fsp3) is 0.281. The summed E-state index contributed by atoms with van der Waals surface area (Å²) >= 11 is 0. The molecule has 1 unspecified atom stereocenters. The van der Waals surface area contributed by atoms with Crippen molar-refractivity contribution in [1.82, 2.24) is 10.6 Å². The fourth-order valence-corrected chi connectivity index (χ4v) is 4.73. The maximum Gasteiger partial charge on any atom is 0.319 e. The van der Waals surface area contributed by atoms with E-state index in [1.807, 2.05) is 48.5 Å². The SMILES string of the molecule is CCc1cccc(NC(=O)NC(c2ccc(C(=O)NCCC(=O)O)cc2)c2ccc(C3=CCCCC3)cc2)c1. The van der Waals surface area contributed by atoms with Crippen molar-refractivity contribution in [2.24, 2.45) is 0 Å². The molecule has 1 atom stereocenters. The molecule has 0 saturated heterocycles. The molecule has 0 aromatic heterocycles. The fourth-order valence-electron chi connectivity index (χ4n) is 4.73. The first-order chi connectivity index (χ1) is 18.9. The molecule has 3 amide bonds. The maximum absolute atomic E-state index is 13.1. The number of carboxylic acids is 1. The van der Waals surface area contributed by atoms with Gasteiger partial charge in [-0.15, -0.1) is 0 Å². The molecular weight excluding hydrogens is 490 g/mol. The van der Waals surface area contributed by atoms with E-state index in [0.29, 0.717) is 5.56 Å². The third-order valence-electron chi connectivity index (χ3n) is 6.90. The van der Waals surface area contributed by atoms with Crippen molar-refractivity contribution in [3.8, 4) is 0 Å². The van der Waals surface area contributed by atoms with Crippen LogP contribution in [0.1, 0.15) is 77.7 Å². The van der Waals surface area contributed by atoms with Crippen molar-refractivity contribution >= 4 is 29.2 Å². The van der Waals surface area contributed by atoms with Crippen molar-refractivity contribution in [2.75, 3.05) is 11.9 Å². The van der Waals surface area contributed by atoms with Crippen LogP contribution in [-0.4, -0.2) is 29.6 Å². The number of amides is 3. The number of aryl methyl sites for hydroxylation is 1. The molecule has 4 N–H and O–H groups in total. The highest BCUT2D eigenvalue weighted by Gasteiger charge is 2.19. The molecule has 0 bridgehead atoms. The standard InChI is InChI=1S/C32H35N3O4/c1-2-22-7-6-10-28(21-22)34-32(39)35-30(25-13-11-24(12-14-25)23-8-4-3-5-9-23)26-15-17-27(18-16-26)31(38)33-20-19-29(36)37/h6-8,10-18,21,30H,2-5,9,19-20H2,1H3,(H,33,38)(H,36,37)(H2,34,35,39). The maximum atomic E-state index is 13.1. The van der Waals surface area contributed by atoms with Crippen molar-refractivity contribution in [3.63, 3.8) is 0 Å². The molecule has 0 radical (unpaired) electrons. The Morgan fingerprint density at radius 1 is 0.923 bits per heavy atom. The van der Waals surface area contributed by atoms with E-state index in [2.05, 4.69) is 41.1 Å². The molecule has 39 heavy (non-hydrogen) atoms. The second-order valence-corrected chi connectivity index (χ2v) is 9.70. The third kappa shape index (κ3) is 7.80. The van der Waals surface area contributed by atoms with Gasteiger partial charge in [0.1, 0.15) is 0 Å². The summed E-state index contributed by atoms with van der Waals surface area (Å²) in [7, 11) is 0. The van der Waals surface area contributed by atoms with Gasteiger partial charge in [-0.05, 0) is 84.2 Å². The molecule has 202 valence electrons. The topological polar surface area (TPSA) is 108 Å². The van der Waals surface area contributed by atoms with Gasteiger partial charge in [0.05, 0.1) is 12.5 Å². The molecule has 0 heterocycles. The van der Waals surface area contributed by atoms with Crippen LogP contribution < -0.4 is 16.0 Å². The van der Waals surface area contributed by atoms with E-state index in [9.17, 15) is 14.4 Å².